The van der Waals surface area contributed by atoms with E-state index in [9.17, 15) is 9.18 Å². The highest BCUT2D eigenvalue weighted by molar-refractivity contribution is 5.94. The molecule has 0 spiro atoms. The summed E-state index contributed by atoms with van der Waals surface area (Å²) in [7, 11) is 0. The molecule has 1 aliphatic carbocycles. The number of aromatic nitrogens is 2. The minimum atomic E-state index is -0.633. The quantitative estimate of drug-likeness (QED) is 0.944. The molecule has 23 heavy (non-hydrogen) atoms. The first-order valence-corrected chi connectivity index (χ1v) is 7.91. The number of hydrogen-bond donors (Lipinski definition) is 1. The monoisotopic (exact) mass is 315 g/mol. The minimum absolute atomic E-state index is 0.230. The van der Waals surface area contributed by atoms with Crippen molar-refractivity contribution in [1.82, 2.24) is 9.78 Å². The van der Waals surface area contributed by atoms with Crippen LogP contribution in [0.4, 0.5) is 10.2 Å². The molecule has 1 amide bonds. The van der Waals surface area contributed by atoms with Crippen molar-refractivity contribution in [3.63, 3.8) is 0 Å². The summed E-state index contributed by atoms with van der Waals surface area (Å²) in [5.74, 6) is 1.35. The van der Waals surface area contributed by atoms with E-state index in [1.165, 1.54) is 25.0 Å². The predicted octanol–water partition coefficient (Wildman–Crippen LogP) is 2.94. The molecule has 1 fully saturated rings. The van der Waals surface area contributed by atoms with Crippen LogP contribution in [0, 0.1) is 11.7 Å². The smallest absolute Gasteiger partial charge is 0.266 e. The Morgan fingerprint density at radius 1 is 1.43 bits per heavy atom. The third kappa shape index (κ3) is 2.69. The lowest BCUT2D eigenvalue weighted by Gasteiger charge is -2.17. The largest absolute Gasteiger partial charge is 0.480 e. The van der Waals surface area contributed by atoms with Gasteiger partial charge in [-0.25, -0.2) is 9.07 Å². The van der Waals surface area contributed by atoms with Crippen molar-refractivity contribution in [3.05, 3.63) is 41.8 Å². The molecule has 5 nitrogen and oxygen atoms in total. The highest BCUT2D eigenvalue weighted by Crippen LogP contribution is 2.40. The zero-order valence-corrected chi connectivity index (χ0v) is 12.8. The van der Waals surface area contributed by atoms with E-state index in [2.05, 4.69) is 17.3 Å². The number of rotatable bonds is 4. The molecule has 1 N–H and O–H groups in total. The number of anilines is 1. The maximum atomic E-state index is 13.3. The van der Waals surface area contributed by atoms with Crippen molar-refractivity contribution >= 4 is 11.7 Å². The van der Waals surface area contributed by atoms with Gasteiger partial charge in [-0.15, -0.1) is 0 Å². The van der Waals surface area contributed by atoms with Gasteiger partial charge in [0, 0.05) is 18.1 Å². The number of benzene rings is 1. The molecule has 6 heteroatoms. The van der Waals surface area contributed by atoms with E-state index in [-0.39, 0.29) is 17.8 Å². The Morgan fingerprint density at radius 2 is 2.26 bits per heavy atom. The van der Waals surface area contributed by atoms with Crippen LogP contribution in [0.2, 0.25) is 0 Å². The van der Waals surface area contributed by atoms with Gasteiger partial charge in [-0.05, 0) is 43.9 Å². The van der Waals surface area contributed by atoms with Crippen LogP contribution in [0.25, 0.3) is 0 Å². The van der Waals surface area contributed by atoms with Crippen LogP contribution in [-0.4, -0.2) is 21.8 Å². The number of ether oxygens (including phenoxy) is 1. The Hall–Kier alpha value is -2.37. The molecule has 1 aromatic carbocycles. The number of nitrogens with zero attached hydrogens (tertiary/aromatic N) is 2. The van der Waals surface area contributed by atoms with E-state index in [1.807, 2.05) is 4.68 Å². The second kappa shape index (κ2) is 5.37. The fourth-order valence-corrected chi connectivity index (χ4v) is 3.09. The van der Waals surface area contributed by atoms with Crippen molar-refractivity contribution in [2.24, 2.45) is 5.92 Å². The summed E-state index contributed by atoms with van der Waals surface area (Å²) in [6.45, 7) is 2.12. The van der Waals surface area contributed by atoms with Gasteiger partial charge in [0.25, 0.3) is 5.91 Å². The van der Waals surface area contributed by atoms with E-state index >= 15 is 0 Å². The zero-order chi connectivity index (χ0) is 16.0. The number of nitrogens with one attached hydrogen (secondary N) is 1. The van der Waals surface area contributed by atoms with Crippen molar-refractivity contribution in [1.29, 1.82) is 0 Å². The summed E-state index contributed by atoms with van der Waals surface area (Å²) in [5.41, 5.74) is 0.727. The Morgan fingerprint density at radius 3 is 3.04 bits per heavy atom. The molecule has 2 aromatic rings. The summed E-state index contributed by atoms with van der Waals surface area (Å²) in [4.78, 5) is 12.5. The van der Waals surface area contributed by atoms with E-state index in [0.717, 1.165) is 5.56 Å². The van der Waals surface area contributed by atoms with Gasteiger partial charge in [0.1, 0.15) is 17.4 Å². The molecule has 2 aliphatic rings. The number of fused-ring (bicyclic) bond motifs is 1. The van der Waals surface area contributed by atoms with Gasteiger partial charge in [-0.3, -0.25) is 4.79 Å². The number of carbonyl (C=O) groups excluding carboxylic acids is 1. The highest BCUT2D eigenvalue weighted by atomic mass is 19.1. The van der Waals surface area contributed by atoms with Gasteiger partial charge in [0.05, 0.1) is 12.2 Å². The number of carbonyl (C=O) groups is 1. The normalized spacial score (nSPS) is 20.7. The van der Waals surface area contributed by atoms with Crippen LogP contribution in [0.1, 0.15) is 31.4 Å². The highest BCUT2D eigenvalue weighted by Gasteiger charge is 2.33. The summed E-state index contributed by atoms with van der Waals surface area (Å²) in [6, 6.07) is 6.39. The summed E-state index contributed by atoms with van der Waals surface area (Å²) >= 11 is 0. The summed E-state index contributed by atoms with van der Waals surface area (Å²) in [5, 5.41) is 7.21. The molecule has 1 saturated carbocycles. The number of halogens is 1. The van der Waals surface area contributed by atoms with Crippen molar-refractivity contribution in [2.75, 3.05) is 5.32 Å². The van der Waals surface area contributed by atoms with Crippen molar-refractivity contribution in [2.45, 2.75) is 38.3 Å². The number of amides is 1. The Labute approximate surface area is 133 Å². The third-order valence-electron chi connectivity index (χ3n) is 4.60. The average molecular weight is 315 g/mol. The van der Waals surface area contributed by atoms with E-state index in [1.54, 1.807) is 18.3 Å². The minimum Gasteiger partial charge on any atom is -0.480 e. The first-order chi connectivity index (χ1) is 11.1. The van der Waals surface area contributed by atoms with Gasteiger partial charge in [-0.1, -0.05) is 0 Å². The molecular formula is C17H18FN3O2. The maximum absolute atomic E-state index is 13.3. The summed E-state index contributed by atoms with van der Waals surface area (Å²) < 4.78 is 20.7. The molecule has 0 bridgehead atoms. The van der Waals surface area contributed by atoms with Crippen molar-refractivity contribution < 1.29 is 13.9 Å². The lowest BCUT2D eigenvalue weighted by atomic mass is 10.1. The van der Waals surface area contributed by atoms with Gasteiger partial charge < -0.3 is 10.1 Å². The topological polar surface area (TPSA) is 56.2 Å². The van der Waals surface area contributed by atoms with Gasteiger partial charge >= 0.3 is 0 Å². The van der Waals surface area contributed by atoms with Crippen LogP contribution in [0.15, 0.2) is 30.5 Å². The van der Waals surface area contributed by atoms with Crippen LogP contribution in [0.3, 0.4) is 0 Å². The Bertz CT molecular complexity index is 754. The molecule has 4 rings (SSSR count). The predicted molar refractivity (Wildman–Crippen MR) is 82.8 cm³/mol. The molecule has 0 saturated heterocycles. The van der Waals surface area contributed by atoms with E-state index < -0.39 is 6.10 Å². The zero-order valence-electron chi connectivity index (χ0n) is 12.8. The molecular weight excluding hydrogens is 297 g/mol. The maximum Gasteiger partial charge on any atom is 0.266 e. The van der Waals surface area contributed by atoms with Crippen LogP contribution in [0.5, 0.6) is 5.75 Å². The fraction of sp³-hybridized carbons (Fsp3) is 0.412. The molecule has 2 atom stereocenters. The molecule has 120 valence electrons. The van der Waals surface area contributed by atoms with E-state index in [4.69, 9.17) is 4.74 Å². The molecule has 2 heterocycles. The SMILES string of the molecule is C[C@@H](C1CC1)n1nccc1NC(=O)[C@@H]1Cc2cc(F)ccc2O1. The molecule has 0 unspecified atom stereocenters. The van der Waals surface area contributed by atoms with Crippen LogP contribution >= 0.6 is 0 Å². The molecule has 1 aliphatic heterocycles. The second-order valence-corrected chi connectivity index (χ2v) is 6.29. The van der Waals surface area contributed by atoms with Crippen molar-refractivity contribution in [3.8, 4) is 5.75 Å². The summed E-state index contributed by atoms with van der Waals surface area (Å²) in [6.07, 6.45) is 3.85. The standard InChI is InChI=1S/C17H18FN3O2/c1-10(11-2-3-11)21-16(6-7-19-21)20-17(22)15-9-12-8-13(18)4-5-14(12)23-15/h4-8,10-11,15H,2-3,9H2,1H3,(H,20,22)/t10-,15-/m0/s1. The second-order valence-electron chi connectivity index (χ2n) is 6.29. The van der Waals surface area contributed by atoms with Crippen LogP contribution < -0.4 is 10.1 Å². The molecule has 0 radical (unpaired) electrons. The first-order valence-electron chi connectivity index (χ1n) is 7.91. The lowest BCUT2D eigenvalue weighted by molar-refractivity contribution is -0.122. The van der Waals surface area contributed by atoms with Gasteiger partial charge in [0.15, 0.2) is 6.10 Å². The average Bonchev–Trinajstić information content (AvgIpc) is 3.13. The van der Waals surface area contributed by atoms with Gasteiger partial charge in [0.2, 0.25) is 0 Å². The van der Waals surface area contributed by atoms with Crippen LogP contribution in [-0.2, 0) is 11.2 Å². The lowest BCUT2D eigenvalue weighted by Crippen LogP contribution is -2.32. The van der Waals surface area contributed by atoms with Gasteiger partial charge in [-0.2, -0.15) is 5.10 Å². The van der Waals surface area contributed by atoms with E-state index in [0.29, 0.717) is 23.9 Å². The molecule has 1 aromatic heterocycles. The fourth-order valence-electron chi connectivity index (χ4n) is 3.09. The third-order valence-corrected chi connectivity index (χ3v) is 4.60. The Kier molecular flexibility index (Phi) is 3.32. The first kappa shape index (κ1) is 14.2. The Balaban J connectivity index is 1.46. The number of hydrogen-bond acceptors (Lipinski definition) is 3.